The quantitative estimate of drug-likeness (QED) is 0.0246. The maximum atomic E-state index is 13.1. The van der Waals surface area contributed by atoms with Gasteiger partial charge in [-0.15, -0.1) is 0 Å². The minimum Gasteiger partial charge on any atom is -0.664 e. The molecule has 0 aromatic heterocycles. The topological polar surface area (TPSA) is 253 Å². The van der Waals surface area contributed by atoms with E-state index in [2.05, 4.69) is 40.1 Å². The van der Waals surface area contributed by atoms with Gasteiger partial charge in [0.15, 0.2) is 18.4 Å². The summed E-state index contributed by atoms with van der Waals surface area (Å²) in [5.41, 5.74) is 7.26. The molecule has 0 aliphatic heterocycles. The number of carboxylic acids is 1. The highest BCUT2D eigenvalue weighted by molar-refractivity contribution is 5.95. The number of carbonyl (C=O) groups is 6. The first-order valence-corrected chi connectivity index (χ1v) is 12.3. The number of nitrogens with one attached hydrogen (secondary N) is 2. The molecule has 224 valence electrons. The predicted molar refractivity (Wildman–Crippen MR) is 134 cm³/mol. The number of esters is 2. The van der Waals surface area contributed by atoms with Crippen molar-refractivity contribution < 1.29 is 65.0 Å². The zero-order chi connectivity index (χ0) is 30.8. The monoisotopic (exact) mass is 571 g/mol. The number of unbranched alkanes of at least 4 members (excludes halogenated alkanes) is 1. The molecule has 9 N–H and O–H groups in total. The summed E-state index contributed by atoms with van der Waals surface area (Å²) in [6, 6.07) is -2.67. The second kappa shape index (κ2) is 19.1. The van der Waals surface area contributed by atoms with E-state index < -0.39 is 79.6 Å². The van der Waals surface area contributed by atoms with Crippen molar-refractivity contribution in [2.45, 2.75) is 58.0 Å². The Hall–Kier alpha value is -4.08. The molecule has 0 aromatic rings. The Balaban J connectivity index is 5.61. The lowest BCUT2D eigenvalue weighted by Crippen LogP contribution is -2.70. The van der Waals surface area contributed by atoms with Gasteiger partial charge in [-0.1, -0.05) is 13.2 Å². The molecule has 15 nitrogen and oxygen atoms in total. The first-order chi connectivity index (χ1) is 18.7. The summed E-state index contributed by atoms with van der Waals surface area (Å²) >= 11 is 0. The van der Waals surface area contributed by atoms with Crippen LogP contribution in [0.3, 0.4) is 0 Å². The summed E-state index contributed by atoms with van der Waals surface area (Å²) in [7, 11) is 0. The average molecular weight is 572 g/mol. The van der Waals surface area contributed by atoms with Gasteiger partial charge in [0.05, 0.1) is 31.0 Å². The Morgan fingerprint density at radius 1 is 0.975 bits per heavy atom. The lowest BCUT2D eigenvalue weighted by atomic mass is 9.91. The van der Waals surface area contributed by atoms with Gasteiger partial charge >= 0.3 is 17.9 Å². The SMILES string of the molecule is C=C(C)C(=O)OC/C(=C/O[O-])NC(=O)[C@H](CCCC[NH3+])CC(=O)[C@H](CC(=O)O)NC(=O)[C@@H]([NH3+])COC(=O)C(=C)C. The van der Waals surface area contributed by atoms with Crippen LogP contribution in [-0.4, -0.2) is 72.5 Å². The van der Waals surface area contributed by atoms with Gasteiger partial charge in [0.25, 0.3) is 5.91 Å². The van der Waals surface area contributed by atoms with E-state index in [4.69, 9.17) is 9.47 Å². The standard InChI is InChI=1S/C25H38N4O11/c1-14(2)24(35)38-11-17(12-40-37)28-22(33)16(7-5-6-8-26)9-20(30)19(10-21(31)32)29-23(34)18(27)13-39-25(36)15(3)4/h12,16,18-19,37H,1,3,5-11,13,26-27H2,2,4H3,(H,28,33)(H,29,34)(H,31,32)/p+1/b17-12-/t16-,18+,19+/m1/s1. The minimum atomic E-state index is -1.51. The largest absolute Gasteiger partial charge is 0.664 e. The summed E-state index contributed by atoms with van der Waals surface area (Å²) in [6.45, 7) is 9.23. The van der Waals surface area contributed by atoms with Gasteiger partial charge < -0.3 is 46.8 Å². The van der Waals surface area contributed by atoms with Crippen LogP contribution in [0, 0.1) is 5.92 Å². The van der Waals surface area contributed by atoms with Crippen LogP contribution in [0.25, 0.3) is 0 Å². The smallest absolute Gasteiger partial charge is 0.333 e. The predicted octanol–water partition coefficient (Wildman–Crippen LogP) is -2.97. The number of ether oxygens (including phenoxy) is 2. The first-order valence-electron chi connectivity index (χ1n) is 12.3. The van der Waals surface area contributed by atoms with Gasteiger partial charge in [-0.05, 0) is 33.1 Å². The molecule has 0 unspecified atom stereocenters. The lowest BCUT2D eigenvalue weighted by Gasteiger charge is -2.22. The van der Waals surface area contributed by atoms with E-state index in [0.29, 0.717) is 25.6 Å². The molecule has 0 aromatic carbocycles. The Labute approximate surface area is 231 Å². The lowest BCUT2D eigenvalue weighted by molar-refractivity contribution is -0.665. The van der Waals surface area contributed by atoms with E-state index in [1.807, 2.05) is 0 Å². The number of amides is 2. The normalized spacial score (nSPS) is 13.2. The highest BCUT2D eigenvalue weighted by Crippen LogP contribution is 2.17. The maximum absolute atomic E-state index is 13.1. The van der Waals surface area contributed by atoms with Crippen LogP contribution in [0.1, 0.15) is 46.0 Å². The van der Waals surface area contributed by atoms with Gasteiger partial charge in [0.2, 0.25) is 5.91 Å². The summed E-state index contributed by atoms with van der Waals surface area (Å²) in [5.74, 6) is -6.25. The minimum absolute atomic E-state index is 0.0791. The highest BCUT2D eigenvalue weighted by atomic mass is 17.1. The molecule has 0 rings (SSSR count). The number of carbonyl (C=O) groups excluding carboxylic acids is 5. The van der Waals surface area contributed by atoms with Gasteiger partial charge in [-0.3, -0.25) is 19.2 Å². The van der Waals surface area contributed by atoms with Gasteiger partial charge in [0.1, 0.15) is 6.61 Å². The number of carboxylic acid groups (broad SMARTS) is 1. The van der Waals surface area contributed by atoms with Crippen LogP contribution < -0.4 is 27.4 Å². The van der Waals surface area contributed by atoms with Crippen molar-refractivity contribution in [3.8, 4) is 0 Å². The van der Waals surface area contributed by atoms with Crippen LogP contribution in [0.4, 0.5) is 0 Å². The molecule has 0 fully saturated rings. The molecular weight excluding hydrogens is 532 g/mol. The average Bonchev–Trinajstić information content (AvgIpc) is 2.88. The summed E-state index contributed by atoms with van der Waals surface area (Å²) in [6.07, 6.45) is 0.671. The number of ketones is 1. The number of quaternary nitrogens is 2. The van der Waals surface area contributed by atoms with Crippen molar-refractivity contribution in [1.82, 2.24) is 10.6 Å². The molecule has 0 spiro atoms. The molecule has 0 aliphatic rings. The van der Waals surface area contributed by atoms with Crippen molar-refractivity contribution in [3.63, 3.8) is 0 Å². The zero-order valence-electron chi connectivity index (χ0n) is 22.8. The van der Waals surface area contributed by atoms with Crippen molar-refractivity contribution in [3.05, 3.63) is 36.3 Å². The Bertz CT molecular complexity index is 993. The molecule has 2 amide bonds. The molecule has 0 saturated heterocycles. The van der Waals surface area contributed by atoms with E-state index in [-0.39, 0.29) is 23.3 Å². The van der Waals surface area contributed by atoms with Crippen molar-refractivity contribution in [2.24, 2.45) is 5.92 Å². The number of hydrogen-bond donors (Lipinski definition) is 5. The van der Waals surface area contributed by atoms with Crippen LogP contribution in [0.2, 0.25) is 0 Å². The van der Waals surface area contributed by atoms with E-state index >= 15 is 0 Å². The third-order valence-electron chi connectivity index (χ3n) is 5.27. The molecule has 0 bridgehead atoms. The summed E-state index contributed by atoms with van der Waals surface area (Å²) < 4.78 is 9.77. The Morgan fingerprint density at radius 3 is 2.10 bits per heavy atom. The molecule has 0 heterocycles. The van der Waals surface area contributed by atoms with E-state index in [0.717, 1.165) is 0 Å². The highest BCUT2D eigenvalue weighted by Gasteiger charge is 2.31. The summed E-state index contributed by atoms with van der Waals surface area (Å²) in [5, 5.41) is 24.6. The van der Waals surface area contributed by atoms with E-state index in [1.165, 1.54) is 13.8 Å². The molecule has 0 aliphatic carbocycles. The molecule has 0 radical (unpaired) electrons. The molecular formula is C25H39N4O11+. The fourth-order valence-electron chi connectivity index (χ4n) is 3.05. The van der Waals surface area contributed by atoms with Crippen molar-refractivity contribution in [2.75, 3.05) is 19.8 Å². The Morgan fingerprint density at radius 2 is 1.57 bits per heavy atom. The molecule has 15 heteroatoms. The van der Waals surface area contributed by atoms with Crippen LogP contribution in [0.5, 0.6) is 0 Å². The van der Waals surface area contributed by atoms with Crippen LogP contribution in [-0.2, 0) is 43.1 Å². The van der Waals surface area contributed by atoms with Gasteiger partial charge in [0, 0.05) is 23.5 Å². The molecule has 40 heavy (non-hydrogen) atoms. The summed E-state index contributed by atoms with van der Waals surface area (Å²) in [4.78, 5) is 76.9. The maximum Gasteiger partial charge on any atom is 0.333 e. The van der Waals surface area contributed by atoms with Gasteiger partial charge in [-0.25, -0.2) is 9.59 Å². The number of Topliss-reactive ketones (excluding diaryl/α,β-unsaturated/α-hetero) is 1. The van der Waals surface area contributed by atoms with Crippen molar-refractivity contribution in [1.29, 1.82) is 0 Å². The van der Waals surface area contributed by atoms with Crippen LogP contribution in [0.15, 0.2) is 36.3 Å². The zero-order valence-corrected chi connectivity index (χ0v) is 22.8. The van der Waals surface area contributed by atoms with E-state index in [1.54, 1.807) is 0 Å². The second-order valence-corrected chi connectivity index (χ2v) is 9.04. The number of rotatable bonds is 20. The van der Waals surface area contributed by atoms with Crippen molar-refractivity contribution >= 4 is 35.5 Å². The third kappa shape index (κ3) is 14.8. The third-order valence-corrected chi connectivity index (χ3v) is 5.27. The molecule has 0 saturated carbocycles. The van der Waals surface area contributed by atoms with Crippen LogP contribution >= 0.6 is 0 Å². The molecule has 3 atom stereocenters. The van der Waals surface area contributed by atoms with E-state index in [9.17, 15) is 39.1 Å². The fourth-order valence-corrected chi connectivity index (χ4v) is 3.05. The second-order valence-electron chi connectivity index (χ2n) is 9.04. The first kappa shape index (κ1) is 35.9. The van der Waals surface area contributed by atoms with Gasteiger partial charge in [-0.2, -0.15) is 0 Å². The fraction of sp³-hybridized carbons (Fsp3) is 0.520. The number of aliphatic carboxylic acids is 1. The Kier molecular flexibility index (Phi) is 17.1. The number of hydrogen-bond acceptors (Lipinski definition) is 10.